The smallest absolute Gasteiger partial charge is 0.261 e. The topological polar surface area (TPSA) is 85.1 Å². The van der Waals surface area contributed by atoms with Crippen LogP contribution < -0.4 is 5.43 Å². The van der Waals surface area contributed by atoms with Crippen molar-refractivity contribution in [2.45, 2.75) is 13.5 Å². The van der Waals surface area contributed by atoms with Gasteiger partial charge in [0.25, 0.3) is 5.91 Å². The summed E-state index contributed by atoms with van der Waals surface area (Å²) in [5.74, 6) is -0.272. The van der Waals surface area contributed by atoms with Gasteiger partial charge in [0, 0.05) is 6.20 Å². The molecule has 0 spiro atoms. The van der Waals surface area contributed by atoms with Gasteiger partial charge in [-0.2, -0.15) is 5.10 Å². The SMILES string of the molecule is C/C(=N/NC(=O)Cn1nnc2ccccc21)c1ccccn1. The summed E-state index contributed by atoms with van der Waals surface area (Å²) >= 11 is 0. The van der Waals surface area contributed by atoms with Gasteiger partial charge in [-0.1, -0.05) is 23.4 Å². The van der Waals surface area contributed by atoms with E-state index in [2.05, 4.69) is 25.8 Å². The molecule has 0 fully saturated rings. The number of carbonyl (C=O) groups is 1. The Bertz CT molecular complexity index is 824. The number of nitrogens with zero attached hydrogens (tertiary/aromatic N) is 5. The van der Waals surface area contributed by atoms with Gasteiger partial charge in [0.15, 0.2) is 0 Å². The first-order chi connectivity index (χ1) is 10.7. The lowest BCUT2D eigenvalue weighted by Gasteiger charge is -2.03. The zero-order chi connectivity index (χ0) is 15.4. The number of pyridine rings is 1. The van der Waals surface area contributed by atoms with Crippen LogP contribution in [0.5, 0.6) is 0 Å². The second-order valence-corrected chi connectivity index (χ2v) is 4.68. The van der Waals surface area contributed by atoms with Crippen molar-refractivity contribution in [2.75, 3.05) is 0 Å². The molecule has 2 heterocycles. The Hall–Kier alpha value is -3.09. The van der Waals surface area contributed by atoms with Gasteiger partial charge in [0.2, 0.25) is 0 Å². The number of nitrogens with one attached hydrogen (secondary N) is 1. The Kier molecular flexibility index (Phi) is 3.86. The Balaban J connectivity index is 1.68. The van der Waals surface area contributed by atoms with Crippen molar-refractivity contribution >= 4 is 22.7 Å². The van der Waals surface area contributed by atoms with Crippen molar-refractivity contribution in [3.63, 3.8) is 0 Å². The van der Waals surface area contributed by atoms with Crippen LogP contribution in [0.4, 0.5) is 0 Å². The molecule has 0 radical (unpaired) electrons. The first-order valence-corrected chi connectivity index (χ1v) is 6.77. The van der Waals surface area contributed by atoms with E-state index < -0.39 is 0 Å². The van der Waals surface area contributed by atoms with Gasteiger partial charge in [0.1, 0.15) is 12.1 Å². The summed E-state index contributed by atoms with van der Waals surface area (Å²) in [4.78, 5) is 16.1. The summed E-state index contributed by atoms with van der Waals surface area (Å²) in [6.07, 6.45) is 1.68. The number of amides is 1. The number of hydrogen-bond donors (Lipinski definition) is 1. The Morgan fingerprint density at radius 3 is 2.86 bits per heavy atom. The van der Waals surface area contributed by atoms with Crippen molar-refractivity contribution in [1.82, 2.24) is 25.4 Å². The number of hydrogen-bond acceptors (Lipinski definition) is 5. The van der Waals surface area contributed by atoms with E-state index in [1.807, 2.05) is 42.5 Å². The monoisotopic (exact) mass is 294 g/mol. The molecular weight excluding hydrogens is 280 g/mol. The summed E-state index contributed by atoms with van der Waals surface area (Å²) in [5, 5.41) is 12.0. The zero-order valence-corrected chi connectivity index (χ0v) is 12.0. The summed E-state index contributed by atoms with van der Waals surface area (Å²) in [6.45, 7) is 1.84. The van der Waals surface area contributed by atoms with Crippen LogP contribution in [0.3, 0.4) is 0 Å². The molecule has 110 valence electrons. The molecule has 0 unspecified atom stereocenters. The third-order valence-electron chi connectivity index (χ3n) is 3.10. The molecule has 3 rings (SSSR count). The van der Waals surface area contributed by atoms with Gasteiger partial charge >= 0.3 is 0 Å². The molecule has 0 saturated heterocycles. The fourth-order valence-corrected chi connectivity index (χ4v) is 1.99. The second kappa shape index (κ2) is 6.13. The van der Waals surface area contributed by atoms with E-state index in [9.17, 15) is 4.79 Å². The molecule has 7 nitrogen and oxygen atoms in total. The number of para-hydroxylation sites is 1. The number of fused-ring (bicyclic) bond motifs is 1. The Morgan fingerprint density at radius 1 is 1.23 bits per heavy atom. The molecule has 2 aromatic heterocycles. The first-order valence-electron chi connectivity index (χ1n) is 6.77. The molecule has 1 N–H and O–H groups in total. The lowest BCUT2D eigenvalue weighted by molar-refractivity contribution is -0.121. The number of aromatic nitrogens is 4. The summed E-state index contributed by atoms with van der Waals surface area (Å²) in [6, 6.07) is 13.0. The van der Waals surface area contributed by atoms with Gasteiger partial charge in [-0.05, 0) is 31.2 Å². The lowest BCUT2D eigenvalue weighted by Crippen LogP contribution is -2.25. The minimum atomic E-state index is -0.272. The summed E-state index contributed by atoms with van der Waals surface area (Å²) in [7, 11) is 0. The van der Waals surface area contributed by atoms with Crippen LogP contribution in [-0.2, 0) is 11.3 Å². The van der Waals surface area contributed by atoms with Gasteiger partial charge in [0.05, 0.1) is 16.9 Å². The minimum Gasteiger partial charge on any atom is -0.271 e. The van der Waals surface area contributed by atoms with Gasteiger partial charge < -0.3 is 0 Å². The third kappa shape index (κ3) is 2.98. The van der Waals surface area contributed by atoms with Crippen molar-refractivity contribution in [2.24, 2.45) is 5.10 Å². The van der Waals surface area contributed by atoms with Crippen LogP contribution in [0.1, 0.15) is 12.6 Å². The standard InChI is InChI=1S/C15H14N6O/c1-11(12-6-4-5-9-16-12)17-19-15(22)10-21-14-8-3-2-7-13(14)18-20-21/h2-9H,10H2,1H3,(H,19,22)/b17-11-. The molecule has 22 heavy (non-hydrogen) atoms. The van der Waals surface area contributed by atoms with Gasteiger partial charge in [-0.25, -0.2) is 10.1 Å². The minimum absolute atomic E-state index is 0.0551. The summed E-state index contributed by atoms with van der Waals surface area (Å²) in [5.41, 5.74) is 5.42. The van der Waals surface area contributed by atoms with Gasteiger partial charge in [-0.15, -0.1) is 5.10 Å². The normalized spacial score (nSPS) is 11.6. The maximum absolute atomic E-state index is 12.0. The summed E-state index contributed by atoms with van der Waals surface area (Å²) < 4.78 is 1.54. The number of rotatable bonds is 4. The molecule has 0 aliphatic rings. The number of benzene rings is 1. The van der Waals surface area contributed by atoms with E-state index in [0.717, 1.165) is 11.0 Å². The van der Waals surface area contributed by atoms with Crippen molar-refractivity contribution in [3.05, 3.63) is 54.4 Å². The van der Waals surface area contributed by atoms with Crippen molar-refractivity contribution in [3.8, 4) is 0 Å². The molecule has 7 heteroatoms. The van der Waals surface area contributed by atoms with E-state index >= 15 is 0 Å². The molecule has 0 aliphatic heterocycles. The predicted octanol–water partition coefficient (Wildman–Crippen LogP) is 1.37. The van der Waals surface area contributed by atoms with Gasteiger partial charge in [-0.3, -0.25) is 9.78 Å². The maximum atomic E-state index is 12.0. The fraction of sp³-hybridized carbons (Fsp3) is 0.133. The average molecular weight is 294 g/mol. The van der Waals surface area contributed by atoms with Crippen LogP contribution >= 0.6 is 0 Å². The predicted molar refractivity (Wildman–Crippen MR) is 82.1 cm³/mol. The van der Waals surface area contributed by atoms with E-state index in [4.69, 9.17) is 0 Å². The lowest BCUT2D eigenvalue weighted by atomic mass is 10.3. The molecule has 1 amide bonds. The molecule has 3 aromatic rings. The van der Waals surface area contributed by atoms with E-state index in [1.54, 1.807) is 13.1 Å². The Labute approximate surface area is 126 Å². The highest BCUT2D eigenvalue weighted by atomic mass is 16.2. The number of carbonyl (C=O) groups excluding carboxylic acids is 1. The average Bonchev–Trinajstić information content (AvgIpc) is 2.97. The molecule has 0 saturated carbocycles. The highest BCUT2D eigenvalue weighted by Crippen LogP contribution is 2.09. The van der Waals surface area contributed by atoms with Crippen LogP contribution in [0.25, 0.3) is 11.0 Å². The molecule has 0 bridgehead atoms. The zero-order valence-electron chi connectivity index (χ0n) is 12.0. The maximum Gasteiger partial charge on any atom is 0.261 e. The number of hydrazone groups is 1. The van der Waals surface area contributed by atoms with E-state index in [1.165, 1.54) is 4.68 Å². The molecule has 0 aliphatic carbocycles. The van der Waals surface area contributed by atoms with Crippen LogP contribution in [-0.4, -0.2) is 31.6 Å². The van der Waals surface area contributed by atoms with Crippen molar-refractivity contribution < 1.29 is 4.79 Å². The third-order valence-corrected chi connectivity index (χ3v) is 3.10. The highest BCUT2D eigenvalue weighted by Gasteiger charge is 2.08. The molecule has 0 atom stereocenters. The van der Waals surface area contributed by atoms with Crippen LogP contribution in [0.15, 0.2) is 53.8 Å². The Morgan fingerprint density at radius 2 is 2.05 bits per heavy atom. The second-order valence-electron chi connectivity index (χ2n) is 4.68. The fourth-order valence-electron chi connectivity index (χ4n) is 1.99. The van der Waals surface area contributed by atoms with Crippen LogP contribution in [0, 0.1) is 0 Å². The first kappa shape index (κ1) is 13.9. The molecular formula is C15H14N6O. The highest BCUT2D eigenvalue weighted by molar-refractivity contribution is 5.97. The molecule has 1 aromatic carbocycles. The van der Waals surface area contributed by atoms with E-state index in [-0.39, 0.29) is 12.5 Å². The van der Waals surface area contributed by atoms with Crippen LogP contribution in [0.2, 0.25) is 0 Å². The van der Waals surface area contributed by atoms with E-state index in [0.29, 0.717) is 11.4 Å². The quantitative estimate of drug-likeness (QED) is 0.581. The largest absolute Gasteiger partial charge is 0.271 e. The van der Waals surface area contributed by atoms with Crippen molar-refractivity contribution in [1.29, 1.82) is 0 Å².